The van der Waals surface area contributed by atoms with Crippen LogP contribution in [0.1, 0.15) is 49.5 Å². The molecule has 102 valence electrons. The number of rotatable bonds is 6. The first kappa shape index (κ1) is 15.0. The van der Waals surface area contributed by atoms with Gasteiger partial charge >= 0.3 is 5.97 Å². The third-order valence-electron chi connectivity index (χ3n) is 2.99. The van der Waals surface area contributed by atoms with Crippen LogP contribution >= 0.6 is 11.3 Å². The molecule has 4 nitrogen and oxygen atoms in total. The smallest absolute Gasteiger partial charge is 0.347 e. The molecule has 1 N–H and O–H groups in total. The van der Waals surface area contributed by atoms with Gasteiger partial charge in [0.25, 0.3) is 0 Å². The van der Waals surface area contributed by atoms with Crippen molar-refractivity contribution in [3.05, 3.63) is 10.6 Å². The number of hydrogen-bond donors (Lipinski definition) is 1. The fraction of sp³-hybridized carbons (Fsp3) is 0.692. The monoisotopic (exact) mass is 270 g/mol. The minimum absolute atomic E-state index is 0.363. The van der Waals surface area contributed by atoms with E-state index in [4.69, 9.17) is 5.11 Å². The summed E-state index contributed by atoms with van der Waals surface area (Å²) >= 11 is 1.27. The maximum atomic E-state index is 11.1. The highest BCUT2D eigenvalue weighted by Gasteiger charge is 2.20. The lowest BCUT2D eigenvalue weighted by Crippen LogP contribution is -2.29. The molecule has 0 saturated carbocycles. The van der Waals surface area contributed by atoms with Gasteiger partial charge in [0.2, 0.25) is 0 Å². The molecule has 0 spiro atoms. The molecular weight excluding hydrogens is 248 g/mol. The van der Waals surface area contributed by atoms with Gasteiger partial charge in [-0.25, -0.2) is 9.78 Å². The summed E-state index contributed by atoms with van der Waals surface area (Å²) in [5.74, 6) is -0.257. The summed E-state index contributed by atoms with van der Waals surface area (Å²) in [5, 5.41) is 9.93. The van der Waals surface area contributed by atoms with Crippen LogP contribution in [0, 0.1) is 5.92 Å². The van der Waals surface area contributed by atoms with E-state index in [1.54, 1.807) is 0 Å². The molecule has 0 fully saturated rings. The van der Waals surface area contributed by atoms with Gasteiger partial charge in [-0.15, -0.1) is 0 Å². The molecule has 1 heterocycles. The maximum Gasteiger partial charge on any atom is 0.347 e. The van der Waals surface area contributed by atoms with Crippen molar-refractivity contribution in [1.82, 2.24) is 4.98 Å². The Morgan fingerprint density at radius 3 is 2.44 bits per heavy atom. The first-order chi connectivity index (χ1) is 8.36. The van der Waals surface area contributed by atoms with Crippen molar-refractivity contribution >= 4 is 22.4 Å². The predicted octanol–water partition coefficient (Wildman–Crippen LogP) is 3.27. The molecule has 1 unspecified atom stereocenters. The summed E-state index contributed by atoms with van der Waals surface area (Å²) in [7, 11) is 1.98. The average molecular weight is 270 g/mol. The van der Waals surface area contributed by atoms with Gasteiger partial charge in [-0.2, -0.15) is 0 Å². The van der Waals surface area contributed by atoms with E-state index in [1.807, 2.05) is 14.0 Å². The van der Waals surface area contributed by atoms with Crippen molar-refractivity contribution < 1.29 is 9.90 Å². The molecule has 0 aliphatic rings. The molecule has 5 heteroatoms. The van der Waals surface area contributed by atoms with Crippen LogP contribution in [0.5, 0.6) is 0 Å². The van der Waals surface area contributed by atoms with E-state index in [9.17, 15) is 4.79 Å². The van der Waals surface area contributed by atoms with E-state index in [0.717, 1.165) is 11.6 Å². The Bertz CT molecular complexity index is 415. The number of aryl methyl sites for hydroxylation is 1. The Morgan fingerprint density at radius 1 is 1.44 bits per heavy atom. The van der Waals surface area contributed by atoms with Crippen LogP contribution < -0.4 is 4.90 Å². The lowest BCUT2D eigenvalue weighted by Gasteiger charge is -2.25. The molecule has 0 amide bonds. The molecule has 0 radical (unpaired) electrons. The summed E-state index contributed by atoms with van der Waals surface area (Å²) in [6.07, 6.45) is 1.73. The minimum Gasteiger partial charge on any atom is -0.477 e. The number of carboxylic acid groups (broad SMARTS) is 1. The minimum atomic E-state index is -0.875. The number of thiazole rings is 1. The zero-order chi connectivity index (χ0) is 13.9. The molecule has 0 aliphatic heterocycles. The van der Waals surface area contributed by atoms with E-state index in [-0.39, 0.29) is 0 Å². The summed E-state index contributed by atoms with van der Waals surface area (Å²) in [6.45, 7) is 8.45. The molecule has 0 aromatic carbocycles. The number of carbonyl (C=O) groups is 1. The highest BCUT2D eigenvalue weighted by Crippen LogP contribution is 2.28. The Labute approximate surface area is 113 Å². The Hall–Kier alpha value is -1.10. The van der Waals surface area contributed by atoms with Gasteiger partial charge in [0.15, 0.2) is 5.13 Å². The highest BCUT2D eigenvalue weighted by atomic mass is 32.1. The zero-order valence-electron chi connectivity index (χ0n) is 11.7. The van der Waals surface area contributed by atoms with E-state index in [2.05, 4.69) is 30.7 Å². The normalized spacial score (nSPS) is 12.8. The lowest BCUT2D eigenvalue weighted by atomic mass is 10.0. The van der Waals surface area contributed by atoms with Crippen molar-refractivity contribution in [3.8, 4) is 0 Å². The molecule has 1 aromatic rings. The van der Waals surface area contributed by atoms with Crippen molar-refractivity contribution in [3.63, 3.8) is 0 Å². The standard InChI is InChI=1S/C13H22N2O2S/c1-6-10-11(12(16)17)18-13(14-10)15(5)9(4)7-8(2)3/h8-9H,6-7H2,1-5H3,(H,16,17). The van der Waals surface area contributed by atoms with Gasteiger partial charge < -0.3 is 10.0 Å². The van der Waals surface area contributed by atoms with Gasteiger partial charge in [-0.3, -0.25) is 0 Å². The van der Waals surface area contributed by atoms with Crippen molar-refractivity contribution in [2.75, 3.05) is 11.9 Å². The first-order valence-corrected chi connectivity index (χ1v) is 7.14. The summed E-state index contributed by atoms with van der Waals surface area (Å²) in [6, 6.07) is 0.363. The summed E-state index contributed by atoms with van der Waals surface area (Å²) in [5.41, 5.74) is 0.686. The van der Waals surface area contributed by atoms with Crippen LogP contribution in [0.25, 0.3) is 0 Å². The molecule has 1 atom stereocenters. The van der Waals surface area contributed by atoms with Crippen LogP contribution in [-0.2, 0) is 6.42 Å². The number of nitrogens with zero attached hydrogens (tertiary/aromatic N) is 2. The predicted molar refractivity (Wildman–Crippen MR) is 75.8 cm³/mol. The van der Waals surface area contributed by atoms with E-state index in [0.29, 0.717) is 29.0 Å². The second-order valence-corrected chi connectivity index (χ2v) is 6.00. The van der Waals surface area contributed by atoms with E-state index < -0.39 is 5.97 Å². The van der Waals surface area contributed by atoms with Crippen LogP contribution in [0.15, 0.2) is 0 Å². The Morgan fingerprint density at radius 2 is 2.06 bits per heavy atom. The topological polar surface area (TPSA) is 53.4 Å². The zero-order valence-corrected chi connectivity index (χ0v) is 12.5. The number of carboxylic acids is 1. The van der Waals surface area contributed by atoms with Crippen LogP contribution in [0.2, 0.25) is 0 Å². The first-order valence-electron chi connectivity index (χ1n) is 6.32. The van der Waals surface area contributed by atoms with Crippen molar-refractivity contribution in [2.24, 2.45) is 5.92 Å². The van der Waals surface area contributed by atoms with Crippen LogP contribution in [0.4, 0.5) is 5.13 Å². The highest BCUT2D eigenvalue weighted by molar-refractivity contribution is 7.17. The number of anilines is 1. The number of aromatic carboxylic acids is 1. The Balaban J connectivity index is 2.92. The van der Waals surface area contributed by atoms with E-state index in [1.165, 1.54) is 11.3 Å². The quantitative estimate of drug-likeness (QED) is 0.862. The van der Waals surface area contributed by atoms with Crippen molar-refractivity contribution in [1.29, 1.82) is 0 Å². The second kappa shape index (κ2) is 6.18. The molecule has 1 rings (SSSR count). The van der Waals surface area contributed by atoms with Gasteiger partial charge in [0.1, 0.15) is 4.88 Å². The van der Waals surface area contributed by atoms with Gasteiger partial charge in [0, 0.05) is 13.1 Å². The third-order valence-corrected chi connectivity index (χ3v) is 4.17. The van der Waals surface area contributed by atoms with Crippen LogP contribution in [0.3, 0.4) is 0 Å². The largest absolute Gasteiger partial charge is 0.477 e. The summed E-state index contributed by atoms with van der Waals surface area (Å²) < 4.78 is 0. The third kappa shape index (κ3) is 3.45. The van der Waals surface area contributed by atoms with E-state index >= 15 is 0 Å². The second-order valence-electron chi connectivity index (χ2n) is 5.02. The van der Waals surface area contributed by atoms with Crippen molar-refractivity contribution in [2.45, 2.75) is 46.6 Å². The number of aromatic nitrogens is 1. The van der Waals surface area contributed by atoms with Gasteiger partial charge in [-0.1, -0.05) is 32.1 Å². The molecule has 0 saturated heterocycles. The fourth-order valence-electron chi connectivity index (χ4n) is 1.93. The maximum absolute atomic E-state index is 11.1. The molecule has 18 heavy (non-hydrogen) atoms. The SMILES string of the molecule is CCc1nc(N(C)C(C)CC(C)C)sc1C(=O)O. The van der Waals surface area contributed by atoms with Crippen LogP contribution in [-0.4, -0.2) is 29.1 Å². The molecular formula is C13H22N2O2S. The summed E-state index contributed by atoms with van der Waals surface area (Å²) in [4.78, 5) is 18.0. The van der Waals surface area contributed by atoms with Gasteiger partial charge in [0.05, 0.1) is 5.69 Å². The van der Waals surface area contributed by atoms with Gasteiger partial charge in [-0.05, 0) is 25.7 Å². The molecule has 0 bridgehead atoms. The molecule has 0 aliphatic carbocycles. The Kier molecular flexibility index (Phi) is 5.14. The average Bonchev–Trinajstić information content (AvgIpc) is 2.70. The number of hydrogen-bond acceptors (Lipinski definition) is 4. The fourth-order valence-corrected chi connectivity index (χ4v) is 2.98. The lowest BCUT2D eigenvalue weighted by molar-refractivity contribution is 0.0701. The molecule has 1 aromatic heterocycles.